The lowest BCUT2D eigenvalue weighted by Gasteiger charge is -2.23. The lowest BCUT2D eigenvalue weighted by atomic mass is 10.0. The predicted molar refractivity (Wildman–Crippen MR) is 346 cm³/mol. The molecule has 0 aromatic heterocycles. The first-order valence-corrected chi connectivity index (χ1v) is 31.7. The molecule has 90 heavy (non-hydrogen) atoms. The van der Waals surface area contributed by atoms with Gasteiger partial charge in [0.05, 0.1) is 0 Å². The standard InChI is InChI=1S/C17H20Cl2N2O3.3C15H16Cl2N2O3/c1-10(2)20-17(24)21-14(6-8-16(21)23)15(22)7-4-11-3-5-12(18)9-13(11)19;3*1-18-15(22)19-12(5-7-14(19)21)13(20)6-3-9-2-4-10(16)8-11(9)17/h3,5,9-10,14H,4,6-8H2,1-2H3,(H,20,24);3*2,4,8,12H,3,5-7H2,1H3,(H,18,22)/t14-;3*12-/m0000/s1. The van der Waals surface area contributed by atoms with E-state index in [4.69, 9.17) is 92.8 Å². The third-order valence-corrected chi connectivity index (χ3v) is 17.2. The number of carbonyl (C=O) groups excluding carboxylic acids is 12. The van der Waals surface area contributed by atoms with Crippen LogP contribution in [0.5, 0.6) is 0 Å². The van der Waals surface area contributed by atoms with Crippen LogP contribution in [-0.2, 0) is 64.0 Å². The molecule has 484 valence electrons. The fourth-order valence-electron chi connectivity index (χ4n) is 10.2. The third-order valence-electron chi connectivity index (χ3n) is 14.9. The molecular formula is C62H68Cl8N8O12. The quantitative estimate of drug-likeness (QED) is 0.0769. The van der Waals surface area contributed by atoms with Crippen molar-refractivity contribution in [1.82, 2.24) is 40.9 Å². The Morgan fingerprint density at radius 3 is 0.778 bits per heavy atom. The number of benzene rings is 4. The highest BCUT2D eigenvalue weighted by Gasteiger charge is 2.43. The van der Waals surface area contributed by atoms with Crippen LogP contribution in [0.15, 0.2) is 72.8 Å². The number of hydrogen-bond donors (Lipinski definition) is 4. The molecule has 4 saturated heterocycles. The number of urea groups is 4. The minimum absolute atomic E-state index is 0.102. The number of Topliss-reactive ketones (excluding diaryl/α,β-unsaturated/α-hetero) is 4. The van der Waals surface area contributed by atoms with E-state index in [0.29, 0.717) is 91.5 Å². The molecule has 4 atom stereocenters. The summed E-state index contributed by atoms with van der Waals surface area (Å²) >= 11 is 47.7. The average Bonchev–Trinajstić information content (AvgIpc) is 1.82. The number of nitrogens with zero attached hydrogens (tertiary/aromatic N) is 4. The van der Waals surface area contributed by atoms with E-state index in [9.17, 15) is 57.5 Å². The van der Waals surface area contributed by atoms with Crippen LogP contribution < -0.4 is 21.3 Å². The molecule has 4 fully saturated rings. The lowest BCUT2D eigenvalue weighted by molar-refractivity contribution is -0.131. The van der Waals surface area contributed by atoms with E-state index in [1.54, 1.807) is 86.6 Å². The van der Waals surface area contributed by atoms with Crippen molar-refractivity contribution in [3.05, 3.63) is 135 Å². The maximum atomic E-state index is 12.5. The molecule has 20 nitrogen and oxygen atoms in total. The zero-order valence-electron chi connectivity index (χ0n) is 49.8. The highest BCUT2D eigenvalue weighted by atomic mass is 35.5. The number of likely N-dealkylation sites (tertiary alicyclic amines) is 4. The van der Waals surface area contributed by atoms with Crippen LogP contribution in [0.3, 0.4) is 0 Å². The first kappa shape index (κ1) is 74.4. The van der Waals surface area contributed by atoms with Crippen LogP contribution in [0.25, 0.3) is 0 Å². The van der Waals surface area contributed by atoms with E-state index in [1.165, 1.54) is 21.1 Å². The SMILES string of the molecule is CC(C)NC(=O)N1C(=O)CC[C@H]1C(=O)CCc1ccc(Cl)cc1Cl.CNC(=O)N1C(=O)CC[C@H]1C(=O)CCc1ccc(Cl)cc1Cl.CNC(=O)N1C(=O)CC[C@H]1C(=O)CCc1ccc(Cl)cc1Cl.CNC(=O)N1C(=O)CC[C@H]1C(=O)CCc1ccc(Cl)cc1Cl. The second-order valence-corrected chi connectivity index (χ2v) is 24.7. The highest BCUT2D eigenvalue weighted by molar-refractivity contribution is 6.37. The third kappa shape index (κ3) is 20.8. The van der Waals surface area contributed by atoms with Crippen molar-refractivity contribution in [2.24, 2.45) is 0 Å². The summed E-state index contributed by atoms with van der Waals surface area (Å²) in [6.45, 7) is 3.61. The summed E-state index contributed by atoms with van der Waals surface area (Å²) in [6, 6.07) is 15.5. The Morgan fingerprint density at radius 1 is 0.378 bits per heavy atom. The Kier molecular flexibility index (Phi) is 29.3. The summed E-state index contributed by atoms with van der Waals surface area (Å²) in [6.07, 6.45) is 4.99. The van der Waals surface area contributed by atoms with E-state index in [2.05, 4.69) is 21.3 Å². The Balaban J connectivity index is 0.000000218. The molecule has 0 radical (unpaired) electrons. The predicted octanol–water partition coefficient (Wildman–Crippen LogP) is 12.1. The number of halogens is 8. The summed E-state index contributed by atoms with van der Waals surface area (Å²) in [5.41, 5.74) is 3.26. The van der Waals surface area contributed by atoms with Crippen molar-refractivity contribution in [1.29, 1.82) is 0 Å². The van der Waals surface area contributed by atoms with E-state index >= 15 is 0 Å². The molecule has 0 bridgehead atoms. The van der Waals surface area contributed by atoms with Gasteiger partial charge in [-0.3, -0.25) is 58.0 Å². The van der Waals surface area contributed by atoms with Crippen molar-refractivity contribution < 1.29 is 57.5 Å². The maximum absolute atomic E-state index is 12.5. The van der Waals surface area contributed by atoms with Crippen LogP contribution in [-0.4, -0.2) is 142 Å². The molecule has 0 unspecified atom stereocenters. The van der Waals surface area contributed by atoms with Crippen LogP contribution in [0.2, 0.25) is 40.2 Å². The van der Waals surface area contributed by atoms with Gasteiger partial charge >= 0.3 is 24.1 Å². The van der Waals surface area contributed by atoms with Crippen LogP contribution >= 0.6 is 92.8 Å². The van der Waals surface area contributed by atoms with Crippen LogP contribution in [0, 0.1) is 0 Å². The summed E-state index contributed by atoms with van der Waals surface area (Å²) in [5.74, 6) is -1.81. The van der Waals surface area contributed by atoms with Gasteiger partial charge in [-0.2, -0.15) is 0 Å². The topological polar surface area (TPSA) is 266 Å². The Labute approximate surface area is 561 Å². The number of nitrogens with one attached hydrogen (secondary N) is 4. The number of imide groups is 4. The zero-order chi connectivity index (χ0) is 66.7. The van der Waals surface area contributed by atoms with E-state index < -0.39 is 48.3 Å². The van der Waals surface area contributed by atoms with Gasteiger partial charge in [-0.15, -0.1) is 0 Å². The molecule has 4 aromatic carbocycles. The van der Waals surface area contributed by atoms with Gasteiger partial charge in [0.25, 0.3) is 0 Å². The minimum Gasteiger partial charge on any atom is -0.341 e. The first-order chi connectivity index (χ1) is 42.6. The number of aryl methyl sites for hydroxylation is 4. The van der Waals surface area contributed by atoms with E-state index in [0.717, 1.165) is 41.9 Å². The largest absolute Gasteiger partial charge is 0.341 e. The smallest absolute Gasteiger partial charge is 0.324 e. The average molecular weight is 1400 g/mol. The van der Waals surface area contributed by atoms with Gasteiger partial charge in [0.2, 0.25) is 23.6 Å². The van der Waals surface area contributed by atoms with Gasteiger partial charge in [-0.1, -0.05) is 117 Å². The summed E-state index contributed by atoms with van der Waals surface area (Å²) in [7, 11) is 4.30. The molecule has 0 saturated carbocycles. The fraction of sp³-hybridized carbons (Fsp3) is 0.419. The summed E-state index contributed by atoms with van der Waals surface area (Å²) in [4.78, 5) is 148. The molecule has 28 heteroatoms. The van der Waals surface area contributed by atoms with Crippen molar-refractivity contribution >= 4 is 164 Å². The van der Waals surface area contributed by atoms with Gasteiger partial charge in [-0.05, 0) is 136 Å². The fourth-order valence-corrected chi connectivity index (χ4v) is 12.3. The number of hydrogen-bond acceptors (Lipinski definition) is 12. The molecule has 4 heterocycles. The molecule has 4 N–H and O–H groups in total. The molecule has 4 aromatic rings. The zero-order valence-corrected chi connectivity index (χ0v) is 55.9. The molecule has 4 aliphatic heterocycles. The molecular weight excluding hydrogens is 1330 g/mol. The van der Waals surface area contributed by atoms with Gasteiger partial charge in [0, 0.05) is 119 Å². The molecule has 0 spiro atoms. The Bertz CT molecular complexity index is 3130. The van der Waals surface area contributed by atoms with Gasteiger partial charge in [-0.25, -0.2) is 19.2 Å². The molecule has 0 aliphatic carbocycles. The number of carbonyl (C=O) groups is 12. The molecule has 8 rings (SSSR count). The van der Waals surface area contributed by atoms with Crippen molar-refractivity contribution in [2.75, 3.05) is 21.1 Å². The lowest BCUT2D eigenvalue weighted by Crippen LogP contribution is -2.49. The summed E-state index contributed by atoms with van der Waals surface area (Å²) < 4.78 is 0. The van der Waals surface area contributed by atoms with E-state index in [1.807, 2.05) is 0 Å². The van der Waals surface area contributed by atoms with Crippen LogP contribution in [0.4, 0.5) is 19.2 Å². The van der Waals surface area contributed by atoms with Gasteiger partial charge in [0.15, 0.2) is 23.1 Å². The first-order valence-electron chi connectivity index (χ1n) is 28.7. The van der Waals surface area contributed by atoms with Gasteiger partial charge in [0.1, 0.15) is 24.2 Å². The molecule has 12 amide bonds. The van der Waals surface area contributed by atoms with E-state index in [-0.39, 0.29) is 104 Å². The summed E-state index contributed by atoms with van der Waals surface area (Å²) in [5, 5.41) is 14.0. The van der Waals surface area contributed by atoms with Crippen molar-refractivity contribution in [3.8, 4) is 0 Å². The Hall–Kier alpha value is -6.36. The second-order valence-electron chi connectivity index (χ2n) is 21.4. The Morgan fingerprint density at radius 2 is 0.589 bits per heavy atom. The minimum atomic E-state index is -0.692. The maximum Gasteiger partial charge on any atom is 0.324 e. The van der Waals surface area contributed by atoms with Crippen LogP contribution in [0.1, 0.15) is 113 Å². The normalized spacial score (nSPS) is 17.6. The number of rotatable bonds is 17. The second kappa shape index (κ2) is 35.5. The monoisotopic (exact) mass is 1400 g/mol. The van der Waals surface area contributed by atoms with Gasteiger partial charge < -0.3 is 21.3 Å². The number of ketones is 4. The number of amides is 12. The van der Waals surface area contributed by atoms with Crippen molar-refractivity contribution in [3.63, 3.8) is 0 Å². The highest BCUT2D eigenvalue weighted by Crippen LogP contribution is 2.30. The molecule has 4 aliphatic rings. The van der Waals surface area contributed by atoms with Crippen molar-refractivity contribution in [2.45, 2.75) is 147 Å².